The Kier molecular flexibility index (Phi) is 6.97. The van der Waals surface area contributed by atoms with Crippen LogP contribution in [0.3, 0.4) is 0 Å². The molecule has 1 aromatic rings. The summed E-state index contributed by atoms with van der Waals surface area (Å²) in [4.78, 5) is 0. The van der Waals surface area contributed by atoms with Gasteiger partial charge in [-0.3, -0.25) is 0 Å². The van der Waals surface area contributed by atoms with Crippen molar-refractivity contribution in [1.82, 2.24) is 0 Å². The Bertz CT molecular complexity index is 562. The van der Waals surface area contributed by atoms with Gasteiger partial charge in [0.25, 0.3) is 0 Å². The van der Waals surface area contributed by atoms with E-state index >= 15 is 0 Å². The highest BCUT2D eigenvalue weighted by Crippen LogP contribution is 2.31. The zero-order chi connectivity index (χ0) is 19.3. The second kappa shape index (κ2) is 9.23. The predicted molar refractivity (Wildman–Crippen MR) is 90.0 cm³/mol. The molecule has 2 aliphatic rings. The Balaban J connectivity index is 1.44. The number of benzene rings is 1. The Labute approximate surface area is 156 Å². The number of unbranched alkanes of at least 4 members (excludes halogenated alkanes) is 1. The molecule has 2 heterocycles. The van der Waals surface area contributed by atoms with Crippen molar-refractivity contribution in [3.8, 4) is 5.75 Å². The summed E-state index contributed by atoms with van der Waals surface area (Å²) in [6.45, 7) is 4.33. The van der Waals surface area contributed by atoms with Crippen molar-refractivity contribution >= 4 is 0 Å². The largest absolute Gasteiger partial charge is 0.573 e. The van der Waals surface area contributed by atoms with Crippen LogP contribution in [-0.4, -0.2) is 39.1 Å². The minimum absolute atomic E-state index is 0.0267. The minimum Gasteiger partial charge on any atom is -0.406 e. The van der Waals surface area contributed by atoms with E-state index in [4.69, 9.17) is 18.9 Å². The Morgan fingerprint density at radius 3 is 2.15 bits per heavy atom. The third kappa shape index (κ3) is 6.07. The lowest BCUT2D eigenvalue weighted by Crippen LogP contribution is -2.43. The van der Waals surface area contributed by atoms with Crippen LogP contribution >= 0.6 is 0 Å². The van der Waals surface area contributed by atoms with E-state index in [1.165, 1.54) is 30.7 Å². The SMILES string of the molecule is CCCC[C@H]1CO[C@H]([C@H]2CO[C@H](c3ccc(OC(F)(F)F)cc3)OC2)OC1. The molecule has 0 bridgehead atoms. The molecule has 2 fully saturated rings. The average molecular weight is 390 g/mol. The Hall–Kier alpha value is -1.35. The van der Waals surface area contributed by atoms with Gasteiger partial charge in [-0.15, -0.1) is 13.2 Å². The standard InChI is InChI=1S/C19H25F3O5/c1-2-3-4-13-9-23-18(24-10-13)15-11-25-17(26-12-15)14-5-7-16(8-6-14)27-19(20,21)22/h5-8,13,15,17-18H,2-4,9-12H2,1H3/t13-,15-,17-,18-. The molecule has 0 atom stereocenters. The molecule has 0 aliphatic carbocycles. The van der Waals surface area contributed by atoms with Gasteiger partial charge >= 0.3 is 6.36 Å². The van der Waals surface area contributed by atoms with Crippen LogP contribution in [0.25, 0.3) is 0 Å². The number of hydrogen-bond acceptors (Lipinski definition) is 5. The summed E-state index contributed by atoms with van der Waals surface area (Å²) in [7, 11) is 0. The summed E-state index contributed by atoms with van der Waals surface area (Å²) in [6, 6.07) is 5.48. The highest BCUT2D eigenvalue weighted by atomic mass is 19.4. The van der Waals surface area contributed by atoms with Crippen molar-refractivity contribution in [1.29, 1.82) is 0 Å². The molecule has 2 saturated heterocycles. The van der Waals surface area contributed by atoms with Gasteiger partial charge in [0.1, 0.15) is 5.75 Å². The first-order valence-electron chi connectivity index (χ1n) is 9.26. The highest BCUT2D eigenvalue weighted by molar-refractivity contribution is 5.28. The van der Waals surface area contributed by atoms with E-state index in [2.05, 4.69) is 11.7 Å². The van der Waals surface area contributed by atoms with E-state index in [9.17, 15) is 13.2 Å². The van der Waals surface area contributed by atoms with Gasteiger partial charge < -0.3 is 23.7 Å². The maximum Gasteiger partial charge on any atom is 0.573 e. The number of ether oxygens (including phenoxy) is 5. The van der Waals surface area contributed by atoms with Gasteiger partial charge in [0.05, 0.1) is 32.3 Å². The molecule has 0 amide bonds. The Morgan fingerprint density at radius 1 is 0.963 bits per heavy atom. The molecular weight excluding hydrogens is 365 g/mol. The van der Waals surface area contributed by atoms with Crippen molar-refractivity contribution in [3.05, 3.63) is 29.8 Å². The molecule has 0 N–H and O–H groups in total. The van der Waals surface area contributed by atoms with E-state index in [1.54, 1.807) is 0 Å². The second-order valence-electron chi connectivity index (χ2n) is 6.92. The third-order valence-corrected chi connectivity index (χ3v) is 4.65. The average Bonchev–Trinajstić information content (AvgIpc) is 2.66. The van der Waals surface area contributed by atoms with Crippen molar-refractivity contribution < 1.29 is 36.9 Å². The zero-order valence-electron chi connectivity index (χ0n) is 15.2. The lowest BCUT2D eigenvalue weighted by atomic mass is 10.0. The summed E-state index contributed by atoms with van der Waals surface area (Å²) in [5, 5.41) is 0. The number of rotatable bonds is 6. The highest BCUT2D eigenvalue weighted by Gasteiger charge is 2.34. The summed E-state index contributed by atoms with van der Waals surface area (Å²) in [5.74, 6) is 0.139. The van der Waals surface area contributed by atoms with Crippen molar-refractivity contribution in [3.63, 3.8) is 0 Å². The summed E-state index contributed by atoms with van der Waals surface area (Å²) < 4.78 is 63.6. The molecule has 5 nitrogen and oxygen atoms in total. The van der Waals surface area contributed by atoms with E-state index in [0.29, 0.717) is 37.9 Å². The van der Waals surface area contributed by atoms with Gasteiger partial charge in [-0.25, -0.2) is 0 Å². The van der Waals surface area contributed by atoms with Crippen molar-refractivity contribution in [2.45, 2.75) is 45.1 Å². The normalized spacial score (nSPS) is 29.5. The first-order valence-corrected chi connectivity index (χ1v) is 9.26. The van der Waals surface area contributed by atoms with Crippen molar-refractivity contribution in [2.75, 3.05) is 26.4 Å². The number of halogens is 3. The van der Waals surface area contributed by atoms with E-state index in [0.717, 1.165) is 12.8 Å². The molecule has 8 heteroatoms. The van der Waals surface area contributed by atoms with Gasteiger partial charge in [0.2, 0.25) is 0 Å². The zero-order valence-corrected chi connectivity index (χ0v) is 15.2. The van der Waals surface area contributed by atoms with Crippen LogP contribution in [0.2, 0.25) is 0 Å². The smallest absolute Gasteiger partial charge is 0.406 e. The van der Waals surface area contributed by atoms with Gasteiger partial charge in [0.15, 0.2) is 12.6 Å². The predicted octanol–water partition coefficient (Wildman–Crippen LogP) is 4.43. The summed E-state index contributed by atoms with van der Waals surface area (Å²) >= 11 is 0. The second-order valence-corrected chi connectivity index (χ2v) is 6.92. The molecule has 27 heavy (non-hydrogen) atoms. The fraction of sp³-hybridized carbons (Fsp3) is 0.684. The topological polar surface area (TPSA) is 46.2 Å². The maximum absolute atomic E-state index is 12.2. The fourth-order valence-corrected chi connectivity index (χ4v) is 3.18. The summed E-state index contributed by atoms with van der Waals surface area (Å²) in [6.07, 6.45) is -2.23. The molecule has 0 saturated carbocycles. The lowest BCUT2D eigenvalue weighted by molar-refractivity contribution is -0.283. The molecular formula is C19H25F3O5. The molecule has 2 aliphatic heterocycles. The number of alkyl halides is 3. The fourth-order valence-electron chi connectivity index (χ4n) is 3.18. The molecule has 3 rings (SSSR count). The van der Waals surface area contributed by atoms with Gasteiger partial charge in [0, 0.05) is 11.5 Å². The Morgan fingerprint density at radius 2 is 1.59 bits per heavy atom. The van der Waals surface area contributed by atoms with E-state index in [1.807, 2.05) is 0 Å². The van der Waals surface area contributed by atoms with E-state index in [-0.39, 0.29) is 18.0 Å². The quantitative estimate of drug-likeness (QED) is 0.719. The van der Waals surface area contributed by atoms with Crippen LogP contribution in [0.5, 0.6) is 5.75 Å². The minimum atomic E-state index is -4.71. The van der Waals surface area contributed by atoms with Gasteiger partial charge in [-0.05, 0) is 18.6 Å². The molecule has 0 spiro atoms. The monoisotopic (exact) mass is 390 g/mol. The van der Waals surface area contributed by atoms with Crippen LogP contribution in [-0.2, 0) is 18.9 Å². The maximum atomic E-state index is 12.2. The molecule has 152 valence electrons. The van der Waals surface area contributed by atoms with Crippen LogP contribution in [0.15, 0.2) is 24.3 Å². The summed E-state index contributed by atoms with van der Waals surface area (Å²) in [5.41, 5.74) is 0.632. The van der Waals surface area contributed by atoms with E-state index < -0.39 is 12.7 Å². The van der Waals surface area contributed by atoms with Crippen LogP contribution < -0.4 is 4.74 Å². The molecule has 0 radical (unpaired) electrons. The van der Waals surface area contributed by atoms with Crippen LogP contribution in [0, 0.1) is 11.8 Å². The van der Waals surface area contributed by atoms with Gasteiger partial charge in [-0.1, -0.05) is 31.9 Å². The van der Waals surface area contributed by atoms with Crippen LogP contribution in [0.1, 0.15) is 38.0 Å². The molecule has 0 aromatic heterocycles. The lowest BCUT2D eigenvalue weighted by Gasteiger charge is -2.37. The number of hydrogen-bond donors (Lipinski definition) is 0. The molecule has 1 aromatic carbocycles. The van der Waals surface area contributed by atoms with Crippen LogP contribution in [0.4, 0.5) is 13.2 Å². The third-order valence-electron chi connectivity index (χ3n) is 4.65. The first kappa shape index (κ1) is 20.4. The molecule has 0 unspecified atom stereocenters. The van der Waals surface area contributed by atoms with Gasteiger partial charge in [-0.2, -0.15) is 0 Å². The van der Waals surface area contributed by atoms with Crippen molar-refractivity contribution in [2.24, 2.45) is 11.8 Å². The first-order chi connectivity index (χ1) is 12.9.